The Morgan fingerprint density at radius 2 is 1.95 bits per heavy atom. The molecule has 0 atom stereocenters. The van der Waals surface area contributed by atoms with E-state index in [2.05, 4.69) is 0 Å². The van der Waals surface area contributed by atoms with Crippen LogP contribution in [-0.4, -0.2) is 18.1 Å². The number of hydrogen-bond acceptors (Lipinski definition) is 3. The molecule has 0 amide bonds. The minimum Gasteiger partial charge on any atom is -0.493 e. The monoisotopic (exact) mass is 308 g/mol. The summed E-state index contributed by atoms with van der Waals surface area (Å²) in [5.74, 6) is -0.874. The standard InChI is InChI=1S/C16H14F2O2S/c1-2-20-15-6-4-3-5-12(15)14(19)10-21-16-8-7-11(17)9-13(16)18/h3-9H,2,10H2,1H3. The van der Waals surface area contributed by atoms with Crippen LogP contribution in [0.15, 0.2) is 47.4 Å². The first-order chi connectivity index (χ1) is 10.1. The van der Waals surface area contributed by atoms with Crippen molar-refractivity contribution in [2.24, 2.45) is 0 Å². The van der Waals surface area contributed by atoms with E-state index in [0.29, 0.717) is 17.9 Å². The fourth-order valence-corrected chi connectivity index (χ4v) is 2.59. The van der Waals surface area contributed by atoms with Crippen molar-refractivity contribution in [2.75, 3.05) is 12.4 Å². The molecular formula is C16H14F2O2S. The Balaban J connectivity index is 2.08. The third kappa shape index (κ3) is 4.04. The van der Waals surface area contributed by atoms with Crippen LogP contribution in [0.25, 0.3) is 0 Å². The van der Waals surface area contributed by atoms with Crippen molar-refractivity contribution in [3.05, 3.63) is 59.7 Å². The highest BCUT2D eigenvalue weighted by atomic mass is 32.2. The molecule has 0 saturated heterocycles. The number of Topliss-reactive ketones (excluding diaryl/α,β-unsaturated/α-hetero) is 1. The van der Waals surface area contributed by atoms with Crippen molar-refractivity contribution in [2.45, 2.75) is 11.8 Å². The molecule has 0 aliphatic rings. The van der Waals surface area contributed by atoms with Crippen molar-refractivity contribution in [3.8, 4) is 5.75 Å². The number of ketones is 1. The van der Waals surface area contributed by atoms with Crippen molar-refractivity contribution in [1.29, 1.82) is 0 Å². The third-order valence-electron chi connectivity index (χ3n) is 2.74. The van der Waals surface area contributed by atoms with Gasteiger partial charge < -0.3 is 4.74 Å². The van der Waals surface area contributed by atoms with Crippen LogP contribution >= 0.6 is 11.8 Å². The number of ether oxygens (including phenoxy) is 1. The van der Waals surface area contributed by atoms with E-state index in [0.717, 1.165) is 17.8 Å². The lowest BCUT2D eigenvalue weighted by molar-refractivity contribution is 0.101. The number of halogens is 2. The zero-order valence-electron chi connectivity index (χ0n) is 11.4. The number of benzene rings is 2. The number of rotatable bonds is 6. The van der Waals surface area contributed by atoms with E-state index < -0.39 is 11.6 Å². The second-order valence-corrected chi connectivity index (χ2v) is 5.23. The average Bonchev–Trinajstić information content (AvgIpc) is 2.47. The Kier molecular flexibility index (Phi) is 5.33. The maximum atomic E-state index is 13.5. The van der Waals surface area contributed by atoms with E-state index in [-0.39, 0.29) is 16.4 Å². The van der Waals surface area contributed by atoms with Gasteiger partial charge in [-0.2, -0.15) is 0 Å². The molecule has 0 fully saturated rings. The third-order valence-corrected chi connectivity index (χ3v) is 3.79. The molecule has 0 radical (unpaired) electrons. The van der Waals surface area contributed by atoms with Gasteiger partial charge >= 0.3 is 0 Å². The molecule has 21 heavy (non-hydrogen) atoms. The molecule has 0 bridgehead atoms. The van der Waals surface area contributed by atoms with Gasteiger partial charge in [-0.05, 0) is 31.2 Å². The zero-order chi connectivity index (χ0) is 15.2. The summed E-state index contributed by atoms with van der Waals surface area (Å²) in [6.07, 6.45) is 0. The second kappa shape index (κ2) is 7.22. The second-order valence-electron chi connectivity index (χ2n) is 4.22. The first-order valence-electron chi connectivity index (χ1n) is 6.44. The topological polar surface area (TPSA) is 26.3 Å². The summed E-state index contributed by atoms with van der Waals surface area (Å²) in [5.41, 5.74) is 0.467. The molecule has 0 N–H and O–H groups in total. The smallest absolute Gasteiger partial charge is 0.176 e. The van der Waals surface area contributed by atoms with E-state index in [9.17, 15) is 13.6 Å². The zero-order valence-corrected chi connectivity index (χ0v) is 12.3. The Bertz CT molecular complexity index is 644. The van der Waals surface area contributed by atoms with Gasteiger partial charge in [0.05, 0.1) is 17.9 Å². The van der Waals surface area contributed by atoms with E-state index in [1.807, 2.05) is 6.92 Å². The molecule has 5 heteroatoms. The van der Waals surface area contributed by atoms with Crippen molar-refractivity contribution in [1.82, 2.24) is 0 Å². The predicted octanol–water partition coefficient (Wildman–Crippen LogP) is 4.34. The summed E-state index contributed by atoms with van der Waals surface area (Å²) in [6, 6.07) is 10.2. The molecule has 2 aromatic rings. The van der Waals surface area contributed by atoms with E-state index >= 15 is 0 Å². The molecule has 2 nitrogen and oxygen atoms in total. The lowest BCUT2D eigenvalue weighted by Gasteiger charge is -2.09. The minimum atomic E-state index is -0.661. The van der Waals surface area contributed by atoms with Gasteiger partial charge in [-0.25, -0.2) is 8.78 Å². The lowest BCUT2D eigenvalue weighted by atomic mass is 10.1. The molecule has 0 saturated carbocycles. The minimum absolute atomic E-state index is 0.0621. The molecule has 110 valence electrons. The maximum Gasteiger partial charge on any atom is 0.176 e. The number of carbonyl (C=O) groups excluding carboxylic acids is 1. The summed E-state index contributed by atoms with van der Waals surface area (Å²) in [6.45, 7) is 2.30. The van der Waals surface area contributed by atoms with Crippen molar-refractivity contribution < 1.29 is 18.3 Å². The van der Waals surface area contributed by atoms with Crippen LogP contribution in [0, 0.1) is 11.6 Å². The highest BCUT2D eigenvalue weighted by Crippen LogP contribution is 2.25. The highest BCUT2D eigenvalue weighted by molar-refractivity contribution is 8.00. The molecular weight excluding hydrogens is 294 g/mol. The molecule has 0 aliphatic carbocycles. The van der Waals surface area contributed by atoms with Gasteiger partial charge in [0.25, 0.3) is 0 Å². The number of hydrogen-bond donors (Lipinski definition) is 0. The fraction of sp³-hybridized carbons (Fsp3) is 0.188. The van der Waals surface area contributed by atoms with Gasteiger partial charge in [-0.15, -0.1) is 11.8 Å². The van der Waals surface area contributed by atoms with Gasteiger partial charge in [0.2, 0.25) is 0 Å². The first-order valence-corrected chi connectivity index (χ1v) is 7.43. The largest absolute Gasteiger partial charge is 0.493 e. The maximum absolute atomic E-state index is 13.5. The molecule has 0 unspecified atom stereocenters. The summed E-state index contributed by atoms with van der Waals surface area (Å²) >= 11 is 1.04. The summed E-state index contributed by atoms with van der Waals surface area (Å²) in [4.78, 5) is 12.4. The van der Waals surface area contributed by atoms with E-state index in [1.165, 1.54) is 12.1 Å². The predicted molar refractivity (Wildman–Crippen MR) is 79.0 cm³/mol. The average molecular weight is 308 g/mol. The van der Waals surface area contributed by atoms with Crippen LogP contribution in [0.3, 0.4) is 0 Å². The molecule has 0 aromatic heterocycles. The summed E-state index contributed by atoms with van der Waals surface area (Å²) < 4.78 is 31.7. The molecule has 0 aliphatic heterocycles. The Morgan fingerprint density at radius 3 is 2.67 bits per heavy atom. The van der Waals surface area contributed by atoms with Crippen molar-refractivity contribution in [3.63, 3.8) is 0 Å². The summed E-state index contributed by atoms with van der Waals surface area (Å²) in [7, 11) is 0. The Morgan fingerprint density at radius 1 is 1.19 bits per heavy atom. The van der Waals surface area contributed by atoms with Crippen LogP contribution in [0.4, 0.5) is 8.78 Å². The normalized spacial score (nSPS) is 10.4. The molecule has 0 spiro atoms. The molecule has 2 rings (SSSR count). The highest BCUT2D eigenvalue weighted by Gasteiger charge is 2.13. The Hall–Kier alpha value is -1.88. The van der Waals surface area contributed by atoms with Crippen LogP contribution < -0.4 is 4.74 Å². The van der Waals surface area contributed by atoms with Crippen LogP contribution in [0.2, 0.25) is 0 Å². The quantitative estimate of drug-likeness (QED) is 0.586. The van der Waals surface area contributed by atoms with Crippen LogP contribution in [-0.2, 0) is 0 Å². The van der Waals surface area contributed by atoms with Crippen LogP contribution in [0.1, 0.15) is 17.3 Å². The molecule has 0 heterocycles. The first kappa shape index (κ1) is 15.5. The number of para-hydroxylation sites is 1. The number of thioether (sulfide) groups is 1. The van der Waals surface area contributed by atoms with Gasteiger partial charge in [0, 0.05) is 11.0 Å². The summed E-state index contributed by atoms with van der Waals surface area (Å²) in [5, 5.41) is 0. The van der Waals surface area contributed by atoms with Gasteiger partial charge in [-0.3, -0.25) is 4.79 Å². The lowest BCUT2D eigenvalue weighted by Crippen LogP contribution is -2.06. The fourth-order valence-electron chi connectivity index (χ4n) is 1.79. The van der Waals surface area contributed by atoms with Gasteiger partial charge in [0.15, 0.2) is 5.78 Å². The van der Waals surface area contributed by atoms with Gasteiger partial charge in [-0.1, -0.05) is 12.1 Å². The van der Waals surface area contributed by atoms with E-state index in [1.54, 1.807) is 24.3 Å². The number of carbonyl (C=O) groups is 1. The van der Waals surface area contributed by atoms with Crippen molar-refractivity contribution >= 4 is 17.5 Å². The van der Waals surface area contributed by atoms with Crippen LogP contribution in [0.5, 0.6) is 5.75 Å². The Labute approximate surface area is 126 Å². The van der Waals surface area contributed by atoms with Gasteiger partial charge in [0.1, 0.15) is 17.4 Å². The van der Waals surface area contributed by atoms with E-state index in [4.69, 9.17) is 4.74 Å². The SMILES string of the molecule is CCOc1ccccc1C(=O)CSc1ccc(F)cc1F. The molecule has 2 aromatic carbocycles.